The van der Waals surface area contributed by atoms with Crippen LogP contribution in [0.25, 0.3) is 0 Å². The minimum atomic E-state index is -0.752. The monoisotopic (exact) mass is 384 g/mol. The normalized spacial score (nSPS) is 23.8. The molecule has 0 unspecified atom stereocenters. The topological polar surface area (TPSA) is 52.6 Å². The molecule has 0 radical (unpaired) electrons. The maximum Gasteiger partial charge on any atom is 0.317 e. The van der Waals surface area contributed by atoms with Crippen LogP contribution in [-0.4, -0.2) is 41.1 Å². The summed E-state index contributed by atoms with van der Waals surface area (Å²) in [6.07, 6.45) is 4.33. The van der Waals surface area contributed by atoms with Gasteiger partial charge in [0.2, 0.25) is 0 Å². The van der Waals surface area contributed by atoms with E-state index in [1.165, 1.54) is 18.9 Å². The molecule has 3 rings (SSSR count). The summed E-state index contributed by atoms with van der Waals surface area (Å²) in [5.41, 5.74) is 0.649. The number of nitrogens with one attached hydrogen (secondary N) is 1. The molecule has 0 saturated heterocycles. The van der Waals surface area contributed by atoms with Gasteiger partial charge in [-0.15, -0.1) is 0 Å². The Morgan fingerprint density at radius 1 is 1.39 bits per heavy atom. The highest BCUT2D eigenvalue weighted by molar-refractivity contribution is 9.10. The van der Waals surface area contributed by atoms with Gasteiger partial charge < -0.3 is 10.4 Å². The lowest BCUT2D eigenvalue weighted by atomic mass is 9.85. The quantitative estimate of drug-likeness (QED) is 0.723. The van der Waals surface area contributed by atoms with Crippen molar-refractivity contribution in [2.75, 3.05) is 13.1 Å². The lowest BCUT2D eigenvalue weighted by molar-refractivity contribution is -0.139. The average molecular weight is 385 g/mol. The second kappa shape index (κ2) is 7.28. The highest BCUT2D eigenvalue weighted by Gasteiger charge is 2.36. The van der Waals surface area contributed by atoms with E-state index >= 15 is 0 Å². The van der Waals surface area contributed by atoms with Crippen molar-refractivity contribution in [3.8, 4) is 0 Å². The summed E-state index contributed by atoms with van der Waals surface area (Å²) in [4.78, 5) is 13.1. The summed E-state index contributed by atoms with van der Waals surface area (Å²) in [5.74, 6) is -0.267. The van der Waals surface area contributed by atoms with Crippen LogP contribution in [0.1, 0.15) is 31.2 Å². The van der Waals surface area contributed by atoms with E-state index in [0.29, 0.717) is 30.1 Å². The Bertz CT molecular complexity index is 553. The van der Waals surface area contributed by atoms with Crippen molar-refractivity contribution in [2.24, 2.45) is 5.92 Å². The van der Waals surface area contributed by atoms with E-state index in [-0.39, 0.29) is 12.4 Å². The molecule has 0 bridgehead atoms. The van der Waals surface area contributed by atoms with Gasteiger partial charge in [-0.05, 0) is 43.7 Å². The third kappa shape index (κ3) is 4.52. The van der Waals surface area contributed by atoms with Gasteiger partial charge in [-0.1, -0.05) is 22.0 Å². The first-order valence-corrected chi connectivity index (χ1v) is 8.94. The van der Waals surface area contributed by atoms with Crippen molar-refractivity contribution in [3.63, 3.8) is 0 Å². The van der Waals surface area contributed by atoms with Crippen LogP contribution in [0.3, 0.4) is 0 Å². The highest BCUT2D eigenvalue weighted by Crippen LogP contribution is 2.34. The number of carbonyl (C=O) groups is 1. The van der Waals surface area contributed by atoms with E-state index in [4.69, 9.17) is 5.11 Å². The Hall–Kier alpha value is -0.980. The van der Waals surface area contributed by atoms with Crippen LogP contribution in [-0.2, 0) is 11.3 Å². The van der Waals surface area contributed by atoms with E-state index in [0.717, 1.165) is 23.9 Å². The molecule has 6 heteroatoms. The standard InChI is InChI=1S/C17H22BrFN2O2/c18-15-2-1-3-16(19)14(15)8-20-12-6-13(7-12)21(10-17(22)23)9-11-4-5-11/h1-3,11-13,20H,4-10H2,(H,22,23). The predicted octanol–water partition coefficient (Wildman–Crippen LogP) is 3.01. The van der Waals surface area contributed by atoms with E-state index < -0.39 is 5.97 Å². The van der Waals surface area contributed by atoms with Crippen molar-refractivity contribution in [3.05, 3.63) is 34.1 Å². The van der Waals surface area contributed by atoms with Crippen molar-refractivity contribution in [1.29, 1.82) is 0 Å². The van der Waals surface area contributed by atoms with Crippen LogP contribution in [0.2, 0.25) is 0 Å². The second-order valence-electron chi connectivity index (χ2n) is 6.67. The van der Waals surface area contributed by atoms with Crippen LogP contribution in [0.4, 0.5) is 4.39 Å². The molecule has 0 aromatic heterocycles. The summed E-state index contributed by atoms with van der Waals surface area (Å²) in [5, 5.41) is 12.4. The number of aliphatic carboxylic acids is 1. The highest BCUT2D eigenvalue weighted by atomic mass is 79.9. The second-order valence-corrected chi connectivity index (χ2v) is 7.52. The fraction of sp³-hybridized carbons (Fsp3) is 0.588. The van der Waals surface area contributed by atoms with Crippen molar-refractivity contribution >= 4 is 21.9 Å². The van der Waals surface area contributed by atoms with Gasteiger partial charge in [0.25, 0.3) is 0 Å². The predicted molar refractivity (Wildman–Crippen MR) is 89.7 cm³/mol. The molecule has 2 saturated carbocycles. The Labute approximate surface area is 144 Å². The summed E-state index contributed by atoms with van der Waals surface area (Å²) >= 11 is 3.38. The molecule has 1 aromatic carbocycles. The van der Waals surface area contributed by atoms with Crippen molar-refractivity contribution in [1.82, 2.24) is 10.2 Å². The number of carboxylic acids is 1. The first kappa shape index (κ1) is 16.9. The Morgan fingerprint density at radius 3 is 2.74 bits per heavy atom. The van der Waals surface area contributed by atoms with E-state index in [9.17, 15) is 9.18 Å². The molecular formula is C17H22BrFN2O2. The van der Waals surface area contributed by atoms with Crippen molar-refractivity contribution < 1.29 is 14.3 Å². The van der Waals surface area contributed by atoms with Crippen LogP contribution in [0.5, 0.6) is 0 Å². The number of carboxylic acid groups (broad SMARTS) is 1. The van der Waals surface area contributed by atoms with Gasteiger partial charge in [-0.3, -0.25) is 9.69 Å². The smallest absolute Gasteiger partial charge is 0.317 e. The van der Waals surface area contributed by atoms with Gasteiger partial charge in [-0.2, -0.15) is 0 Å². The Balaban J connectivity index is 1.47. The fourth-order valence-electron chi connectivity index (χ4n) is 3.15. The van der Waals surface area contributed by atoms with Crippen molar-refractivity contribution in [2.45, 2.75) is 44.3 Å². The zero-order valence-corrected chi connectivity index (χ0v) is 14.6. The summed E-state index contributed by atoms with van der Waals surface area (Å²) < 4.78 is 14.6. The Morgan fingerprint density at radius 2 is 2.13 bits per heavy atom. The van der Waals surface area contributed by atoms with Gasteiger partial charge in [-0.25, -0.2) is 4.39 Å². The third-order valence-corrected chi connectivity index (χ3v) is 5.53. The Kier molecular flexibility index (Phi) is 5.34. The molecule has 0 aliphatic heterocycles. The summed E-state index contributed by atoms with van der Waals surface area (Å²) in [7, 11) is 0. The van der Waals surface area contributed by atoms with Gasteiger partial charge in [0.1, 0.15) is 5.82 Å². The molecule has 2 N–H and O–H groups in total. The van der Waals surface area contributed by atoms with Crippen LogP contribution in [0.15, 0.2) is 22.7 Å². The SMILES string of the molecule is O=C(O)CN(CC1CC1)C1CC(NCc2c(F)cccc2Br)C1. The maximum atomic E-state index is 13.8. The number of hydrogen-bond acceptors (Lipinski definition) is 3. The van der Waals surface area contributed by atoms with E-state index in [2.05, 4.69) is 26.1 Å². The average Bonchev–Trinajstić information content (AvgIpc) is 3.23. The summed E-state index contributed by atoms with van der Waals surface area (Å²) in [6.45, 7) is 1.53. The molecule has 126 valence electrons. The third-order valence-electron chi connectivity index (χ3n) is 4.79. The molecule has 1 aromatic rings. The molecule has 0 spiro atoms. The molecule has 0 atom stereocenters. The maximum absolute atomic E-state index is 13.8. The number of halogens is 2. The zero-order chi connectivity index (χ0) is 16.4. The first-order valence-electron chi connectivity index (χ1n) is 8.15. The minimum absolute atomic E-state index is 0.132. The fourth-order valence-corrected chi connectivity index (χ4v) is 3.63. The molecule has 2 fully saturated rings. The van der Waals surface area contributed by atoms with Gasteiger partial charge in [0.15, 0.2) is 0 Å². The first-order chi connectivity index (χ1) is 11.0. The van der Waals surface area contributed by atoms with Crippen LogP contribution < -0.4 is 5.32 Å². The molecule has 4 nitrogen and oxygen atoms in total. The van der Waals surface area contributed by atoms with Gasteiger partial charge in [0.05, 0.1) is 6.54 Å². The van der Waals surface area contributed by atoms with E-state index in [1.54, 1.807) is 6.07 Å². The number of nitrogens with zero attached hydrogens (tertiary/aromatic N) is 1. The molecule has 2 aliphatic carbocycles. The van der Waals surface area contributed by atoms with Crippen LogP contribution >= 0.6 is 15.9 Å². The molecule has 2 aliphatic rings. The number of rotatable bonds is 8. The summed E-state index contributed by atoms with van der Waals surface area (Å²) in [6, 6.07) is 5.67. The van der Waals surface area contributed by atoms with Gasteiger partial charge >= 0.3 is 5.97 Å². The molecule has 0 amide bonds. The van der Waals surface area contributed by atoms with Crippen LogP contribution in [0, 0.1) is 11.7 Å². The number of benzene rings is 1. The molecular weight excluding hydrogens is 363 g/mol. The molecule has 0 heterocycles. The number of hydrogen-bond donors (Lipinski definition) is 2. The van der Waals surface area contributed by atoms with E-state index in [1.807, 2.05) is 6.07 Å². The lowest BCUT2D eigenvalue weighted by Crippen LogP contribution is -2.54. The minimum Gasteiger partial charge on any atom is -0.480 e. The van der Waals surface area contributed by atoms with Gasteiger partial charge in [0, 0.05) is 35.2 Å². The zero-order valence-electron chi connectivity index (χ0n) is 13.0. The largest absolute Gasteiger partial charge is 0.480 e. The molecule has 23 heavy (non-hydrogen) atoms. The lowest BCUT2D eigenvalue weighted by Gasteiger charge is -2.43.